The van der Waals surface area contributed by atoms with E-state index in [4.69, 9.17) is 10.8 Å². The van der Waals surface area contributed by atoms with Crippen LogP contribution >= 0.6 is 0 Å². The molecule has 0 aliphatic carbocycles. The van der Waals surface area contributed by atoms with Crippen molar-refractivity contribution in [2.24, 2.45) is 11.7 Å². The summed E-state index contributed by atoms with van der Waals surface area (Å²) in [6, 6.07) is 2.31. The first-order chi connectivity index (χ1) is 11.2. The van der Waals surface area contributed by atoms with Crippen molar-refractivity contribution >= 4 is 23.5 Å². The smallest absolute Gasteiger partial charge is 0.335 e. The molecule has 10 nitrogen and oxygen atoms in total. The normalized spacial score (nSPS) is 14.2. The van der Waals surface area contributed by atoms with Gasteiger partial charge in [-0.1, -0.05) is 0 Å². The van der Waals surface area contributed by atoms with E-state index in [2.05, 4.69) is 5.32 Å². The molecule has 1 fully saturated rings. The Kier molecular flexibility index (Phi) is 6.80. The number of carbonyl (C=O) groups excluding carboxylic acids is 2. The third-order valence-electron chi connectivity index (χ3n) is 3.45. The number of piperidine rings is 1. The monoisotopic (exact) mass is 339 g/mol. The maximum absolute atomic E-state index is 10.6. The van der Waals surface area contributed by atoms with Crippen LogP contribution in [0.25, 0.3) is 0 Å². The zero-order valence-corrected chi connectivity index (χ0v) is 12.6. The molecule has 1 heterocycles. The van der Waals surface area contributed by atoms with Crippen molar-refractivity contribution in [3.05, 3.63) is 39.4 Å². The average molecular weight is 339 g/mol. The van der Waals surface area contributed by atoms with Gasteiger partial charge in [-0.05, 0) is 6.07 Å². The van der Waals surface area contributed by atoms with Crippen molar-refractivity contribution in [3.63, 3.8) is 0 Å². The number of non-ortho nitro benzene ring substituents is 1. The van der Waals surface area contributed by atoms with Gasteiger partial charge in [0, 0.05) is 36.5 Å². The van der Waals surface area contributed by atoms with Gasteiger partial charge in [0.05, 0.1) is 29.5 Å². The van der Waals surface area contributed by atoms with Gasteiger partial charge >= 0.3 is 5.97 Å². The van der Waals surface area contributed by atoms with Crippen molar-refractivity contribution in [1.82, 2.24) is 0 Å². The van der Waals surface area contributed by atoms with Crippen molar-refractivity contribution < 1.29 is 34.8 Å². The largest absolute Gasteiger partial charge is 0.545 e. The summed E-state index contributed by atoms with van der Waals surface area (Å²) in [7, 11) is 0. The van der Waals surface area contributed by atoms with Gasteiger partial charge in [-0.15, -0.1) is 0 Å². The van der Waals surface area contributed by atoms with Crippen LogP contribution in [-0.4, -0.2) is 41.0 Å². The molecule has 10 heteroatoms. The summed E-state index contributed by atoms with van der Waals surface area (Å²) in [5.74, 6) is -3.07. The van der Waals surface area contributed by atoms with Crippen LogP contribution < -0.4 is 16.2 Å². The lowest BCUT2D eigenvalue weighted by molar-refractivity contribution is -0.663. The Balaban J connectivity index is 0.000000272. The van der Waals surface area contributed by atoms with Gasteiger partial charge in [0.2, 0.25) is 5.91 Å². The van der Waals surface area contributed by atoms with E-state index in [1.54, 1.807) is 0 Å². The maximum Gasteiger partial charge on any atom is 0.335 e. The number of hydrogen-bond donors (Lipinski definition) is 3. The summed E-state index contributed by atoms with van der Waals surface area (Å²) in [5.41, 5.74) is 3.50. The second-order valence-electron chi connectivity index (χ2n) is 5.16. The SMILES string of the molecule is NC(=O)C1CC[NH2+]CC1.O=C([O-])c1cc(C(=O)O)cc([N+](=O)[O-])c1. The lowest BCUT2D eigenvalue weighted by Crippen LogP contribution is -2.86. The van der Waals surface area contributed by atoms with E-state index in [0.717, 1.165) is 44.1 Å². The summed E-state index contributed by atoms with van der Waals surface area (Å²) < 4.78 is 0. The fraction of sp³-hybridized carbons (Fsp3) is 0.357. The van der Waals surface area contributed by atoms with Crippen LogP contribution in [0.3, 0.4) is 0 Å². The maximum atomic E-state index is 10.6. The molecule has 1 amide bonds. The minimum absolute atomic E-state index is 0.122. The number of aromatic carboxylic acids is 2. The number of nitrogens with two attached hydrogens (primary N) is 2. The fourth-order valence-corrected chi connectivity index (χ4v) is 2.17. The minimum atomic E-state index is -1.67. The molecule has 0 bridgehead atoms. The molecule has 1 saturated heterocycles. The molecular formula is C14H17N3O7. The van der Waals surface area contributed by atoms with Gasteiger partial charge in [0.25, 0.3) is 5.69 Å². The number of carbonyl (C=O) groups is 3. The highest BCUT2D eigenvalue weighted by atomic mass is 16.6. The van der Waals surface area contributed by atoms with Gasteiger partial charge in [-0.25, -0.2) is 4.79 Å². The van der Waals surface area contributed by atoms with E-state index in [1.807, 2.05) is 0 Å². The first-order valence-corrected chi connectivity index (χ1v) is 7.07. The highest BCUT2D eigenvalue weighted by Gasteiger charge is 2.19. The second kappa shape index (κ2) is 8.58. The number of quaternary nitrogens is 1. The van der Waals surface area contributed by atoms with E-state index in [-0.39, 0.29) is 11.8 Å². The van der Waals surface area contributed by atoms with E-state index < -0.39 is 33.7 Å². The number of amides is 1. The minimum Gasteiger partial charge on any atom is -0.545 e. The first kappa shape index (κ1) is 19.0. The number of carboxylic acid groups (broad SMARTS) is 2. The predicted octanol–water partition coefficient (Wildman–Crippen LogP) is -1.90. The van der Waals surface area contributed by atoms with Crippen molar-refractivity contribution in [1.29, 1.82) is 0 Å². The van der Waals surface area contributed by atoms with Gasteiger partial charge in [-0.3, -0.25) is 14.9 Å². The van der Waals surface area contributed by atoms with E-state index in [9.17, 15) is 29.6 Å². The fourth-order valence-electron chi connectivity index (χ4n) is 2.17. The molecular weight excluding hydrogens is 322 g/mol. The zero-order chi connectivity index (χ0) is 18.3. The highest BCUT2D eigenvalue weighted by molar-refractivity contribution is 5.94. The molecule has 0 unspecified atom stereocenters. The summed E-state index contributed by atoms with van der Waals surface area (Å²) in [4.78, 5) is 41.0. The van der Waals surface area contributed by atoms with Crippen LogP contribution in [-0.2, 0) is 4.79 Å². The van der Waals surface area contributed by atoms with Crippen molar-refractivity contribution in [3.8, 4) is 0 Å². The lowest BCUT2D eigenvalue weighted by atomic mass is 9.98. The molecule has 1 aromatic rings. The molecule has 5 N–H and O–H groups in total. The summed E-state index contributed by atoms with van der Waals surface area (Å²) in [5, 5.41) is 31.6. The molecule has 0 atom stereocenters. The molecule has 0 saturated carbocycles. The Morgan fingerprint density at radius 3 is 2.08 bits per heavy atom. The van der Waals surface area contributed by atoms with Crippen LogP contribution in [0.1, 0.15) is 33.6 Å². The Hall–Kier alpha value is -3.01. The molecule has 24 heavy (non-hydrogen) atoms. The van der Waals surface area contributed by atoms with Crippen LogP contribution in [0.15, 0.2) is 18.2 Å². The van der Waals surface area contributed by atoms with Crippen LogP contribution in [0.2, 0.25) is 0 Å². The molecule has 1 aliphatic heterocycles. The predicted molar refractivity (Wildman–Crippen MR) is 78.0 cm³/mol. The quantitative estimate of drug-likeness (QED) is 0.423. The Labute approximate surface area is 136 Å². The van der Waals surface area contributed by atoms with Gasteiger partial charge in [0.15, 0.2) is 0 Å². The molecule has 0 aromatic heterocycles. The van der Waals surface area contributed by atoms with Crippen molar-refractivity contribution in [2.75, 3.05) is 13.1 Å². The number of carboxylic acids is 2. The molecule has 1 aliphatic rings. The molecule has 0 radical (unpaired) electrons. The van der Waals surface area contributed by atoms with E-state index in [1.165, 1.54) is 0 Å². The Morgan fingerprint density at radius 2 is 1.71 bits per heavy atom. The Morgan fingerprint density at radius 1 is 1.17 bits per heavy atom. The third-order valence-corrected chi connectivity index (χ3v) is 3.45. The van der Waals surface area contributed by atoms with Gasteiger partial charge in [-0.2, -0.15) is 0 Å². The first-order valence-electron chi connectivity index (χ1n) is 7.07. The number of nitro benzene ring substituents is 1. The van der Waals surface area contributed by atoms with Gasteiger partial charge < -0.3 is 26.1 Å². The number of nitro groups is 1. The zero-order valence-electron chi connectivity index (χ0n) is 12.6. The molecule has 0 spiro atoms. The van der Waals surface area contributed by atoms with Crippen molar-refractivity contribution in [2.45, 2.75) is 12.8 Å². The highest BCUT2D eigenvalue weighted by Crippen LogP contribution is 2.16. The number of rotatable bonds is 4. The third kappa shape index (κ3) is 5.65. The number of nitrogens with zero attached hydrogens (tertiary/aromatic N) is 1. The molecule has 130 valence electrons. The van der Waals surface area contributed by atoms with Crippen LogP contribution in [0.5, 0.6) is 0 Å². The molecule has 2 rings (SSSR count). The lowest BCUT2D eigenvalue weighted by Gasteiger charge is -2.16. The molecule has 1 aromatic carbocycles. The van der Waals surface area contributed by atoms with Gasteiger partial charge in [0.1, 0.15) is 0 Å². The summed E-state index contributed by atoms with van der Waals surface area (Å²) in [6.07, 6.45) is 1.94. The van der Waals surface area contributed by atoms with Crippen LogP contribution in [0.4, 0.5) is 5.69 Å². The average Bonchev–Trinajstić information content (AvgIpc) is 2.55. The standard InChI is InChI=1S/C8H5NO6.C6H12N2O/c10-7(11)4-1-5(8(12)13)3-6(2-4)9(14)15;7-6(9)5-1-3-8-4-2-5/h1-3H,(H,10,11)(H,12,13);5,8H,1-4H2,(H2,7,9). The Bertz CT molecular complexity index is 575. The second-order valence-corrected chi connectivity index (χ2v) is 5.16. The number of primary amides is 1. The number of benzene rings is 1. The summed E-state index contributed by atoms with van der Waals surface area (Å²) in [6.45, 7) is 2.13. The van der Waals surface area contributed by atoms with E-state index in [0.29, 0.717) is 0 Å². The van der Waals surface area contributed by atoms with E-state index >= 15 is 0 Å². The summed E-state index contributed by atoms with van der Waals surface area (Å²) >= 11 is 0. The topological polar surface area (TPSA) is 180 Å². The van der Waals surface area contributed by atoms with Crippen LogP contribution in [0, 0.1) is 16.0 Å². The number of hydrogen-bond acceptors (Lipinski definition) is 6.